The molecule has 6 heteroatoms. The normalized spacial score (nSPS) is 16.7. The molecular formula is C15H13BrN2O3. The first kappa shape index (κ1) is 13.9. The number of carbonyl (C=O) groups is 1. The van der Waals surface area contributed by atoms with E-state index in [9.17, 15) is 9.90 Å². The van der Waals surface area contributed by atoms with Gasteiger partial charge < -0.3 is 15.2 Å². The summed E-state index contributed by atoms with van der Waals surface area (Å²) >= 11 is 3.24. The Hall–Kier alpha value is -2.08. The number of para-hydroxylation sites is 1. The maximum absolute atomic E-state index is 11.3. The van der Waals surface area contributed by atoms with Crippen molar-refractivity contribution in [3.63, 3.8) is 0 Å². The van der Waals surface area contributed by atoms with Gasteiger partial charge in [0.15, 0.2) is 0 Å². The highest BCUT2D eigenvalue weighted by Gasteiger charge is 2.23. The van der Waals surface area contributed by atoms with Gasteiger partial charge in [-0.2, -0.15) is 0 Å². The fraction of sp³-hybridized carbons (Fsp3) is 0.200. The second-order valence-electron chi connectivity index (χ2n) is 4.73. The second kappa shape index (κ2) is 5.73. The fourth-order valence-corrected chi connectivity index (χ4v) is 2.71. The Labute approximate surface area is 130 Å². The minimum atomic E-state index is -1.01. The second-order valence-corrected chi connectivity index (χ2v) is 5.64. The number of halogens is 1. The molecule has 1 atom stereocenters. The van der Waals surface area contributed by atoms with Gasteiger partial charge >= 0.3 is 5.97 Å². The van der Waals surface area contributed by atoms with E-state index in [0.29, 0.717) is 16.9 Å². The third kappa shape index (κ3) is 2.85. The molecule has 2 aromatic rings. The number of ether oxygens (including phenoxy) is 1. The highest BCUT2D eigenvalue weighted by Crippen LogP contribution is 2.34. The van der Waals surface area contributed by atoms with Crippen molar-refractivity contribution in [3.8, 4) is 5.75 Å². The van der Waals surface area contributed by atoms with Crippen molar-refractivity contribution >= 4 is 27.7 Å². The number of benzene rings is 1. The Morgan fingerprint density at radius 2 is 2.24 bits per heavy atom. The molecule has 5 nitrogen and oxygen atoms in total. The van der Waals surface area contributed by atoms with Gasteiger partial charge in [-0.1, -0.05) is 18.2 Å². The van der Waals surface area contributed by atoms with Gasteiger partial charge in [-0.25, -0.2) is 9.78 Å². The molecular weight excluding hydrogens is 336 g/mol. The van der Waals surface area contributed by atoms with Crippen LogP contribution in [0.15, 0.2) is 41.0 Å². The molecule has 1 aromatic carbocycles. The topological polar surface area (TPSA) is 71.5 Å². The number of hydrogen-bond acceptors (Lipinski definition) is 4. The van der Waals surface area contributed by atoms with Crippen molar-refractivity contribution in [1.29, 1.82) is 0 Å². The van der Waals surface area contributed by atoms with Crippen LogP contribution < -0.4 is 10.1 Å². The molecule has 0 spiro atoms. The van der Waals surface area contributed by atoms with E-state index in [0.717, 1.165) is 17.7 Å². The number of nitrogens with one attached hydrogen (secondary N) is 1. The Morgan fingerprint density at radius 3 is 3.05 bits per heavy atom. The zero-order valence-electron chi connectivity index (χ0n) is 11.0. The van der Waals surface area contributed by atoms with E-state index in [1.807, 2.05) is 24.3 Å². The average Bonchev–Trinajstić information content (AvgIpc) is 2.49. The molecule has 1 aromatic heterocycles. The van der Waals surface area contributed by atoms with Crippen molar-refractivity contribution in [3.05, 3.63) is 52.1 Å². The number of carboxylic acid groups (broad SMARTS) is 1. The first-order valence-corrected chi connectivity index (χ1v) is 7.31. The molecule has 108 valence electrons. The molecule has 0 fully saturated rings. The monoisotopic (exact) mass is 348 g/mol. The molecule has 0 saturated carbocycles. The molecule has 1 aliphatic heterocycles. The molecule has 21 heavy (non-hydrogen) atoms. The van der Waals surface area contributed by atoms with E-state index >= 15 is 0 Å². The molecule has 1 unspecified atom stereocenters. The highest BCUT2D eigenvalue weighted by atomic mass is 79.9. The standard InChI is InChI=1S/C15H13BrN2O3/c16-9-7-11(15(19)20)14(17-8-9)18-12-5-6-21-13-4-2-1-3-10(12)13/h1-4,7-8,12H,5-6H2,(H,17,18)(H,19,20). The average molecular weight is 349 g/mol. The van der Waals surface area contributed by atoms with Crippen LogP contribution in [0.25, 0.3) is 0 Å². The van der Waals surface area contributed by atoms with Gasteiger partial charge in [0.2, 0.25) is 0 Å². The van der Waals surface area contributed by atoms with Gasteiger partial charge in [-0.3, -0.25) is 0 Å². The minimum Gasteiger partial charge on any atom is -0.493 e. The van der Waals surface area contributed by atoms with Crippen LogP contribution in [-0.2, 0) is 0 Å². The highest BCUT2D eigenvalue weighted by molar-refractivity contribution is 9.10. The van der Waals surface area contributed by atoms with E-state index in [1.54, 1.807) is 12.3 Å². The van der Waals surface area contributed by atoms with Crippen molar-refractivity contribution < 1.29 is 14.6 Å². The van der Waals surface area contributed by atoms with E-state index in [1.165, 1.54) is 0 Å². The summed E-state index contributed by atoms with van der Waals surface area (Å²) in [5.74, 6) is 0.189. The Bertz CT molecular complexity index is 690. The van der Waals surface area contributed by atoms with Crippen LogP contribution in [-0.4, -0.2) is 22.7 Å². The molecule has 0 aliphatic carbocycles. The van der Waals surface area contributed by atoms with E-state index in [2.05, 4.69) is 26.2 Å². The van der Waals surface area contributed by atoms with E-state index in [-0.39, 0.29) is 11.6 Å². The number of pyridine rings is 1. The number of hydrogen-bond donors (Lipinski definition) is 2. The third-order valence-electron chi connectivity index (χ3n) is 3.35. The molecule has 2 N–H and O–H groups in total. The van der Waals surface area contributed by atoms with E-state index in [4.69, 9.17) is 4.74 Å². The van der Waals surface area contributed by atoms with Crippen LogP contribution in [0.5, 0.6) is 5.75 Å². The van der Waals surface area contributed by atoms with Gasteiger partial charge in [0, 0.05) is 22.7 Å². The SMILES string of the molecule is O=C(O)c1cc(Br)cnc1NC1CCOc2ccccc21. The minimum absolute atomic E-state index is 0.0123. The number of aromatic carboxylic acids is 1. The third-order valence-corrected chi connectivity index (χ3v) is 3.79. The number of nitrogens with zero attached hydrogens (tertiary/aromatic N) is 1. The van der Waals surface area contributed by atoms with Gasteiger partial charge in [-0.15, -0.1) is 0 Å². The van der Waals surface area contributed by atoms with Crippen LogP contribution in [0.4, 0.5) is 5.82 Å². The van der Waals surface area contributed by atoms with Gasteiger partial charge in [0.05, 0.1) is 12.6 Å². The zero-order valence-corrected chi connectivity index (χ0v) is 12.6. The van der Waals surface area contributed by atoms with Crippen LogP contribution >= 0.6 is 15.9 Å². The lowest BCUT2D eigenvalue weighted by Crippen LogP contribution is -2.22. The lowest BCUT2D eigenvalue weighted by Gasteiger charge is -2.27. The summed E-state index contributed by atoms with van der Waals surface area (Å²) in [4.78, 5) is 15.5. The number of aromatic nitrogens is 1. The predicted octanol–water partition coefficient (Wildman–Crippen LogP) is 3.48. The molecule has 0 radical (unpaired) electrons. The Kier molecular flexibility index (Phi) is 3.79. The molecule has 0 bridgehead atoms. The Balaban J connectivity index is 1.93. The molecule has 3 rings (SSSR count). The van der Waals surface area contributed by atoms with Crippen molar-refractivity contribution in [2.75, 3.05) is 11.9 Å². The summed E-state index contributed by atoms with van der Waals surface area (Å²) in [7, 11) is 0. The maximum Gasteiger partial charge on any atom is 0.339 e. The molecule has 0 amide bonds. The number of carboxylic acids is 1. The summed E-state index contributed by atoms with van der Waals surface area (Å²) in [5.41, 5.74) is 1.16. The van der Waals surface area contributed by atoms with Crippen molar-refractivity contribution in [2.45, 2.75) is 12.5 Å². The van der Waals surface area contributed by atoms with E-state index < -0.39 is 5.97 Å². The van der Waals surface area contributed by atoms with Gasteiger partial charge in [-0.05, 0) is 28.1 Å². The lowest BCUT2D eigenvalue weighted by molar-refractivity contribution is 0.0697. The summed E-state index contributed by atoms with van der Waals surface area (Å²) in [6, 6.07) is 9.28. The zero-order chi connectivity index (χ0) is 14.8. The summed E-state index contributed by atoms with van der Waals surface area (Å²) < 4.78 is 6.24. The lowest BCUT2D eigenvalue weighted by atomic mass is 10.0. The maximum atomic E-state index is 11.3. The van der Waals surface area contributed by atoms with Crippen LogP contribution in [0.3, 0.4) is 0 Å². The first-order valence-electron chi connectivity index (χ1n) is 6.52. The summed E-state index contributed by atoms with van der Waals surface area (Å²) in [6.45, 7) is 0.591. The Morgan fingerprint density at radius 1 is 1.43 bits per heavy atom. The van der Waals surface area contributed by atoms with Crippen molar-refractivity contribution in [1.82, 2.24) is 4.98 Å². The summed E-state index contributed by atoms with van der Waals surface area (Å²) in [5, 5.41) is 12.5. The largest absolute Gasteiger partial charge is 0.493 e. The van der Waals surface area contributed by atoms with Crippen molar-refractivity contribution in [2.24, 2.45) is 0 Å². The van der Waals surface area contributed by atoms with Gasteiger partial charge in [0.1, 0.15) is 17.1 Å². The number of anilines is 1. The fourth-order valence-electron chi connectivity index (χ4n) is 2.37. The quantitative estimate of drug-likeness (QED) is 0.888. The smallest absolute Gasteiger partial charge is 0.339 e. The number of rotatable bonds is 3. The molecule has 2 heterocycles. The van der Waals surface area contributed by atoms with Crippen LogP contribution in [0.1, 0.15) is 28.4 Å². The predicted molar refractivity (Wildman–Crippen MR) is 81.8 cm³/mol. The van der Waals surface area contributed by atoms with Gasteiger partial charge in [0.25, 0.3) is 0 Å². The molecule has 0 saturated heterocycles. The van der Waals surface area contributed by atoms with Crippen LogP contribution in [0, 0.1) is 0 Å². The summed E-state index contributed by atoms with van der Waals surface area (Å²) in [6.07, 6.45) is 2.34. The first-order chi connectivity index (χ1) is 10.1. The molecule has 1 aliphatic rings. The number of fused-ring (bicyclic) bond motifs is 1. The van der Waals surface area contributed by atoms with Crippen LogP contribution in [0.2, 0.25) is 0 Å².